The van der Waals surface area contributed by atoms with Crippen LogP contribution >= 0.6 is 11.6 Å². The number of hydrogen-bond donors (Lipinski definition) is 1. The van der Waals surface area contributed by atoms with Crippen LogP contribution in [0.3, 0.4) is 0 Å². The molecule has 1 atom stereocenters. The average molecular weight is 360 g/mol. The maximum atomic E-state index is 12.4. The Morgan fingerprint density at radius 1 is 1.08 bits per heavy atom. The lowest BCUT2D eigenvalue weighted by molar-refractivity contribution is -0.121. The third-order valence-electron chi connectivity index (χ3n) is 4.11. The van der Waals surface area contributed by atoms with Crippen LogP contribution in [0.2, 0.25) is 5.02 Å². The lowest BCUT2D eigenvalue weighted by Gasteiger charge is -2.21. The van der Waals surface area contributed by atoms with Gasteiger partial charge in [-0.1, -0.05) is 49.7 Å². The molecule has 0 saturated carbocycles. The minimum atomic E-state index is 0.0172. The van der Waals surface area contributed by atoms with E-state index in [1.165, 1.54) is 0 Å². The predicted octanol–water partition coefficient (Wildman–Crippen LogP) is 5.18. The molecule has 0 aliphatic heterocycles. The molecule has 2 aromatic rings. The van der Waals surface area contributed by atoms with Gasteiger partial charge in [0.05, 0.1) is 13.2 Å². The van der Waals surface area contributed by atoms with Crippen LogP contribution in [0.5, 0.6) is 5.75 Å². The van der Waals surface area contributed by atoms with Crippen molar-refractivity contribution in [1.29, 1.82) is 0 Å². The highest BCUT2D eigenvalue weighted by Crippen LogP contribution is 2.24. The first-order valence-corrected chi connectivity index (χ1v) is 9.03. The van der Waals surface area contributed by atoms with Gasteiger partial charge >= 0.3 is 0 Å². The number of benzene rings is 2. The van der Waals surface area contributed by atoms with Crippen LogP contribution < -0.4 is 10.1 Å². The average Bonchev–Trinajstić information content (AvgIpc) is 2.60. The number of ether oxygens (including phenoxy) is 1. The Morgan fingerprint density at radius 2 is 1.72 bits per heavy atom. The van der Waals surface area contributed by atoms with Gasteiger partial charge in [0.1, 0.15) is 5.75 Å². The van der Waals surface area contributed by atoms with Crippen LogP contribution in [-0.4, -0.2) is 13.0 Å². The third kappa shape index (κ3) is 6.43. The van der Waals surface area contributed by atoms with Gasteiger partial charge in [-0.15, -0.1) is 0 Å². The van der Waals surface area contributed by atoms with Gasteiger partial charge in [-0.05, 0) is 54.2 Å². The van der Waals surface area contributed by atoms with E-state index in [0.717, 1.165) is 23.3 Å². The smallest absolute Gasteiger partial charge is 0.220 e. The van der Waals surface area contributed by atoms with Crippen molar-refractivity contribution in [1.82, 2.24) is 5.32 Å². The van der Waals surface area contributed by atoms with E-state index in [9.17, 15) is 4.79 Å². The molecule has 1 N–H and O–H groups in total. The summed E-state index contributed by atoms with van der Waals surface area (Å²) in [5, 5.41) is 3.89. The minimum absolute atomic E-state index is 0.0172. The number of amides is 1. The summed E-state index contributed by atoms with van der Waals surface area (Å²) in [5.74, 6) is 1.38. The van der Waals surface area contributed by atoms with E-state index in [1.807, 2.05) is 48.5 Å². The van der Waals surface area contributed by atoms with Crippen molar-refractivity contribution in [3.63, 3.8) is 0 Å². The van der Waals surface area contributed by atoms with E-state index in [1.54, 1.807) is 7.11 Å². The summed E-state index contributed by atoms with van der Waals surface area (Å²) in [4.78, 5) is 12.4. The zero-order valence-electron chi connectivity index (χ0n) is 15.1. The lowest BCUT2D eigenvalue weighted by atomic mass is 9.96. The van der Waals surface area contributed by atoms with Crippen LogP contribution in [0, 0.1) is 5.92 Å². The van der Waals surface area contributed by atoms with Crippen molar-refractivity contribution >= 4 is 17.5 Å². The summed E-state index contributed by atoms with van der Waals surface area (Å²) in [6.07, 6.45) is 2.07. The van der Waals surface area contributed by atoms with E-state index in [-0.39, 0.29) is 11.9 Å². The molecule has 0 aliphatic rings. The molecule has 4 heteroatoms. The van der Waals surface area contributed by atoms with E-state index in [0.29, 0.717) is 23.8 Å². The van der Waals surface area contributed by atoms with Crippen LogP contribution in [0.25, 0.3) is 0 Å². The summed E-state index contributed by atoms with van der Waals surface area (Å²) >= 11 is 5.89. The fourth-order valence-corrected chi connectivity index (χ4v) is 2.89. The van der Waals surface area contributed by atoms with Gasteiger partial charge in [0.15, 0.2) is 0 Å². The van der Waals surface area contributed by atoms with E-state index < -0.39 is 0 Å². The van der Waals surface area contributed by atoms with E-state index >= 15 is 0 Å². The first-order chi connectivity index (χ1) is 12.0. The highest BCUT2D eigenvalue weighted by molar-refractivity contribution is 6.30. The van der Waals surface area contributed by atoms with Gasteiger partial charge < -0.3 is 10.1 Å². The number of carbonyl (C=O) groups excluding carboxylic acids is 1. The largest absolute Gasteiger partial charge is 0.497 e. The zero-order chi connectivity index (χ0) is 18.2. The quantitative estimate of drug-likeness (QED) is 0.704. The number of rotatable bonds is 8. The van der Waals surface area contributed by atoms with Crippen LogP contribution in [0.1, 0.15) is 43.9 Å². The zero-order valence-corrected chi connectivity index (χ0v) is 15.8. The van der Waals surface area contributed by atoms with Gasteiger partial charge in [0.25, 0.3) is 0 Å². The summed E-state index contributed by atoms with van der Waals surface area (Å²) in [6, 6.07) is 15.6. The van der Waals surface area contributed by atoms with Crippen molar-refractivity contribution in [2.24, 2.45) is 5.92 Å². The fraction of sp³-hybridized carbons (Fsp3) is 0.381. The first-order valence-electron chi connectivity index (χ1n) is 8.65. The Labute approximate surface area is 155 Å². The molecule has 0 saturated heterocycles. The highest BCUT2D eigenvalue weighted by atomic mass is 35.5. The number of hydrogen-bond acceptors (Lipinski definition) is 2. The van der Waals surface area contributed by atoms with Crippen LogP contribution in [0.15, 0.2) is 48.5 Å². The number of halogens is 1. The molecule has 0 fully saturated rings. The molecule has 0 heterocycles. The van der Waals surface area contributed by atoms with Crippen molar-refractivity contribution in [2.75, 3.05) is 7.11 Å². The molecule has 3 nitrogen and oxygen atoms in total. The molecule has 1 amide bonds. The number of carbonyl (C=O) groups is 1. The summed E-state index contributed by atoms with van der Waals surface area (Å²) in [5.41, 5.74) is 2.22. The van der Waals surface area contributed by atoms with Crippen molar-refractivity contribution in [2.45, 2.75) is 39.2 Å². The van der Waals surface area contributed by atoms with Crippen molar-refractivity contribution < 1.29 is 9.53 Å². The van der Waals surface area contributed by atoms with E-state index in [4.69, 9.17) is 16.3 Å². The van der Waals surface area contributed by atoms with E-state index in [2.05, 4.69) is 19.2 Å². The molecule has 0 aliphatic carbocycles. The molecule has 0 radical (unpaired) electrons. The maximum Gasteiger partial charge on any atom is 0.220 e. The third-order valence-corrected chi connectivity index (χ3v) is 4.37. The summed E-state index contributed by atoms with van der Waals surface area (Å²) in [6.45, 7) is 4.33. The predicted molar refractivity (Wildman–Crippen MR) is 103 cm³/mol. The topological polar surface area (TPSA) is 38.3 Å². The van der Waals surface area contributed by atoms with Crippen LogP contribution in [0.4, 0.5) is 0 Å². The first kappa shape index (κ1) is 19.3. The van der Waals surface area contributed by atoms with Gasteiger partial charge in [-0.25, -0.2) is 0 Å². The fourth-order valence-electron chi connectivity index (χ4n) is 2.76. The van der Waals surface area contributed by atoms with Crippen molar-refractivity contribution in [3.05, 3.63) is 64.7 Å². The lowest BCUT2D eigenvalue weighted by Crippen LogP contribution is -2.29. The van der Waals surface area contributed by atoms with Gasteiger partial charge in [0.2, 0.25) is 5.91 Å². The molecule has 25 heavy (non-hydrogen) atoms. The monoisotopic (exact) mass is 359 g/mol. The molecule has 134 valence electrons. The van der Waals surface area contributed by atoms with Gasteiger partial charge in [-0.3, -0.25) is 4.79 Å². The highest BCUT2D eigenvalue weighted by Gasteiger charge is 2.16. The van der Waals surface area contributed by atoms with Crippen molar-refractivity contribution in [3.8, 4) is 5.75 Å². The standard InChI is InChI=1S/C21H26ClNO2/c1-15(2)14-20(17-7-11-19(25-3)12-8-17)23-21(24)13-6-16-4-9-18(22)10-5-16/h4-5,7-12,15,20H,6,13-14H2,1-3H3,(H,23,24)/t20-/m0/s1. The molecule has 0 unspecified atom stereocenters. The molecule has 0 bridgehead atoms. The Bertz CT molecular complexity index is 665. The SMILES string of the molecule is COc1ccc([C@H](CC(C)C)NC(=O)CCc2ccc(Cl)cc2)cc1. The molecule has 0 aromatic heterocycles. The summed E-state index contributed by atoms with van der Waals surface area (Å²) < 4.78 is 5.21. The number of nitrogens with one attached hydrogen (secondary N) is 1. The molecule has 0 spiro atoms. The van der Waals surface area contributed by atoms with Gasteiger partial charge in [0, 0.05) is 11.4 Å². The Balaban J connectivity index is 1.97. The van der Waals surface area contributed by atoms with Crippen LogP contribution in [-0.2, 0) is 11.2 Å². The second-order valence-corrected chi connectivity index (χ2v) is 7.09. The number of aryl methyl sites for hydroxylation is 1. The Kier molecular flexibility index (Phi) is 7.32. The maximum absolute atomic E-state index is 12.4. The molecular weight excluding hydrogens is 334 g/mol. The Morgan fingerprint density at radius 3 is 2.28 bits per heavy atom. The normalized spacial score (nSPS) is 12.0. The molecule has 2 rings (SSSR count). The molecular formula is C21H26ClNO2. The summed E-state index contributed by atoms with van der Waals surface area (Å²) in [7, 11) is 1.65. The molecule has 2 aromatic carbocycles. The second kappa shape index (κ2) is 9.47. The second-order valence-electron chi connectivity index (χ2n) is 6.65. The Hall–Kier alpha value is -2.00. The van der Waals surface area contributed by atoms with Gasteiger partial charge in [-0.2, -0.15) is 0 Å². The minimum Gasteiger partial charge on any atom is -0.497 e. The number of methoxy groups -OCH3 is 1.